The van der Waals surface area contributed by atoms with Crippen LogP contribution >= 0.6 is 0 Å². The maximum absolute atomic E-state index is 12.8. The normalized spacial score (nSPS) is 15.8. The van der Waals surface area contributed by atoms with Crippen molar-refractivity contribution in [2.75, 3.05) is 33.3 Å². The molecule has 0 aromatic heterocycles. The molecule has 1 aliphatic heterocycles. The topological polar surface area (TPSA) is 61.9 Å². The fraction of sp³-hybridized carbons (Fsp3) is 0.385. The second kappa shape index (κ2) is 6.33. The number of carbonyl (C=O) groups excluding carboxylic acids is 2. The van der Waals surface area contributed by atoms with Crippen LogP contribution in [-0.4, -0.2) is 55.2 Å². The average molecular weight is 281 g/mol. The molecule has 0 spiro atoms. The molecule has 1 fully saturated rings. The molecule has 1 N–H and O–H groups in total. The van der Waals surface area contributed by atoms with E-state index in [1.54, 1.807) is 9.91 Å². The molecule has 0 unspecified atom stereocenters. The van der Waals surface area contributed by atoms with Crippen molar-refractivity contribution in [1.29, 1.82) is 0 Å². The van der Waals surface area contributed by atoms with E-state index in [2.05, 4.69) is 10.2 Å². The van der Waals surface area contributed by atoms with Crippen molar-refractivity contribution in [3.63, 3.8) is 0 Å². The van der Waals surface area contributed by atoms with Crippen LogP contribution in [-0.2, 0) is 4.74 Å². The van der Waals surface area contributed by atoms with E-state index in [4.69, 9.17) is 0 Å². The Bertz CT molecular complexity index is 484. The first-order valence-corrected chi connectivity index (χ1v) is 6.24. The van der Waals surface area contributed by atoms with Crippen LogP contribution in [0.2, 0.25) is 0 Å². The molecule has 1 aliphatic rings. The standard InChI is InChI=1S/C13H16FN3O3/c1-20-13(19)16-6-8-17(9-7-16)15-12(18)10-2-4-11(14)5-3-10/h2-5H,6-9H2,1H3,(H,15,18). The monoisotopic (exact) mass is 281 g/mol. The van der Waals surface area contributed by atoms with E-state index in [1.165, 1.54) is 31.4 Å². The molecule has 2 amide bonds. The maximum Gasteiger partial charge on any atom is 0.409 e. The van der Waals surface area contributed by atoms with Crippen molar-refractivity contribution in [2.45, 2.75) is 0 Å². The number of piperazine rings is 1. The number of benzene rings is 1. The minimum absolute atomic E-state index is 0.295. The van der Waals surface area contributed by atoms with Gasteiger partial charge >= 0.3 is 6.09 Å². The van der Waals surface area contributed by atoms with E-state index in [1.807, 2.05) is 0 Å². The summed E-state index contributed by atoms with van der Waals surface area (Å²) in [5, 5.41) is 1.73. The molecule has 1 aromatic carbocycles. The number of methoxy groups -OCH3 is 1. The highest BCUT2D eigenvalue weighted by Gasteiger charge is 2.22. The summed E-state index contributed by atoms with van der Waals surface area (Å²) < 4.78 is 17.4. The van der Waals surface area contributed by atoms with Gasteiger partial charge in [0.15, 0.2) is 0 Å². The van der Waals surface area contributed by atoms with E-state index in [9.17, 15) is 14.0 Å². The van der Waals surface area contributed by atoms with Gasteiger partial charge in [-0.1, -0.05) is 0 Å². The van der Waals surface area contributed by atoms with Gasteiger partial charge in [0.2, 0.25) is 0 Å². The van der Waals surface area contributed by atoms with Crippen molar-refractivity contribution >= 4 is 12.0 Å². The van der Waals surface area contributed by atoms with Crippen LogP contribution in [0.25, 0.3) is 0 Å². The molecule has 7 heteroatoms. The molecule has 0 bridgehead atoms. The molecule has 0 saturated carbocycles. The van der Waals surface area contributed by atoms with Crippen molar-refractivity contribution < 1.29 is 18.7 Å². The maximum atomic E-state index is 12.8. The Balaban J connectivity index is 1.85. The van der Waals surface area contributed by atoms with Crippen molar-refractivity contribution in [3.8, 4) is 0 Å². The number of rotatable bonds is 2. The molecule has 1 heterocycles. The Hall–Kier alpha value is -2.15. The fourth-order valence-electron chi connectivity index (χ4n) is 1.94. The summed E-state index contributed by atoms with van der Waals surface area (Å²) in [5.41, 5.74) is 3.12. The fourth-order valence-corrected chi connectivity index (χ4v) is 1.94. The third-order valence-corrected chi connectivity index (χ3v) is 3.08. The molecule has 108 valence electrons. The minimum atomic E-state index is -0.381. The number of amides is 2. The van der Waals surface area contributed by atoms with Gasteiger partial charge in [0.05, 0.1) is 7.11 Å². The lowest BCUT2D eigenvalue weighted by atomic mass is 10.2. The Morgan fingerprint density at radius 3 is 2.30 bits per heavy atom. The minimum Gasteiger partial charge on any atom is -0.453 e. The SMILES string of the molecule is COC(=O)N1CCN(NC(=O)c2ccc(F)cc2)CC1. The molecular weight excluding hydrogens is 265 g/mol. The quantitative estimate of drug-likeness (QED) is 0.873. The molecule has 0 aliphatic carbocycles. The number of hydrogen-bond donors (Lipinski definition) is 1. The predicted molar refractivity (Wildman–Crippen MR) is 69.4 cm³/mol. The van der Waals surface area contributed by atoms with Crippen LogP contribution in [0.15, 0.2) is 24.3 Å². The number of ether oxygens (including phenoxy) is 1. The third-order valence-electron chi connectivity index (χ3n) is 3.08. The summed E-state index contributed by atoms with van der Waals surface area (Å²) in [6, 6.07) is 5.33. The molecule has 20 heavy (non-hydrogen) atoms. The van der Waals surface area contributed by atoms with Gasteiger partial charge in [-0.05, 0) is 24.3 Å². The van der Waals surface area contributed by atoms with Crippen LogP contribution in [0.1, 0.15) is 10.4 Å². The zero-order chi connectivity index (χ0) is 14.5. The summed E-state index contributed by atoms with van der Waals surface area (Å²) >= 11 is 0. The van der Waals surface area contributed by atoms with Gasteiger partial charge in [0.1, 0.15) is 5.82 Å². The molecular formula is C13H16FN3O3. The van der Waals surface area contributed by atoms with Gasteiger partial charge in [0, 0.05) is 31.7 Å². The van der Waals surface area contributed by atoms with Gasteiger partial charge in [-0.2, -0.15) is 0 Å². The Labute approximate surface area is 116 Å². The van der Waals surface area contributed by atoms with Gasteiger partial charge < -0.3 is 9.64 Å². The number of halogens is 1. The van der Waals surface area contributed by atoms with Crippen LogP contribution < -0.4 is 5.43 Å². The third kappa shape index (κ3) is 3.45. The average Bonchev–Trinajstić information content (AvgIpc) is 2.48. The van der Waals surface area contributed by atoms with Gasteiger partial charge in [0.25, 0.3) is 5.91 Å². The Morgan fingerprint density at radius 2 is 1.75 bits per heavy atom. The molecule has 0 radical (unpaired) electrons. The summed E-state index contributed by atoms with van der Waals surface area (Å²) in [7, 11) is 1.34. The van der Waals surface area contributed by atoms with Crippen LogP contribution in [0, 0.1) is 5.82 Å². The van der Waals surface area contributed by atoms with Crippen LogP contribution in [0.4, 0.5) is 9.18 Å². The Kier molecular flexibility index (Phi) is 4.52. The summed E-state index contributed by atoms with van der Waals surface area (Å²) in [4.78, 5) is 24.8. The Morgan fingerprint density at radius 1 is 1.15 bits per heavy atom. The van der Waals surface area contributed by atoms with Gasteiger partial charge in [-0.3, -0.25) is 10.2 Å². The molecule has 2 rings (SSSR count). The van der Waals surface area contributed by atoms with E-state index in [0.29, 0.717) is 31.7 Å². The largest absolute Gasteiger partial charge is 0.453 e. The molecule has 6 nitrogen and oxygen atoms in total. The van der Waals surface area contributed by atoms with Crippen molar-refractivity contribution in [3.05, 3.63) is 35.6 Å². The number of nitrogens with one attached hydrogen (secondary N) is 1. The first-order chi connectivity index (χ1) is 9.60. The second-order valence-electron chi connectivity index (χ2n) is 4.39. The lowest BCUT2D eigenvalue weighted by molar-refractivity contribution is 0.0576. The molecule has 1 saturated heterocycles. The first-order valence-electron chi connectivity index (χ1n) is 6.24. The van der Waals surface area contributed by atoms with E-state index >= 15 is 0 Å². The van der Waals surface area contributed by atoms with E-state index < -0.39 is 0 Å². The van der Waals surface area contributed by atoms with E-state index in [-0.39, 0.29) is 17.8 Å². The van der Waals surface area contributed by atoms with Gasteiger partial charge in [-0.15, -0.1) is 0 Å². The lowest BCUT2D eigenvalue weighted by Crippen LogP contribution is -2.54. The number of nitrogens with zero attached hydrogens (tertiary/aromatic N) is 2. The van der Waals surface area contributed by atoms with Crippen molar-refractivity contribution in [1.82, 2.24) is 15.3 Å². The zero-order valence-electron chi connectivity index (χ0n) is 11.1. The summed E-state index contributed by atoms with van der Waals surface area (Å²) in [6.45, 7) is 2.00. The van der Waals surface area contributed by atoms with Crippen LogP contribution in [0.3, 0.4) is 0 Å². The second-order valence-corrected chi connectivity index (χ2v) is 4.39. The summed E-state index contributed by atoms with van der Waals surface area (Å²) in [6.07, 6.45) is -0.366. The highest BCUT2D eigenvalue weighted by Crippen LogP contribution is 2.05. The smallest absolute Gasteiger partial charge is 0.409 e. The predicted octanol–water partition coefficient (Wildman–Crippen LogP) is 0.854. The van der Waals surface area contributed by atoms with Gasteiger partial charge in [-0.25, -0.2) is 14.2 Å². The number of hydrazine groups is 1. The van der Waals surface area contributed by atoms with E-state index in [0.717, 1.165) is 0 Å². The van der Waals surface area contributed by atoms with Crippen LogP contribution in [0.5, 0.6) is 0 Å². The lowest BCUT2D eigenvalue weighted by Gasteiger charge is -2.33. The first kappa shape index (κ1) is 14.3. The highest BCUT2D eigenvalue weighted by molar-refractivity contribution is 5.93. The number of hydrogen-bond acceptors (Lipinski definition) is 4. The number of carbonyl (C=O) groups is 2. The molecule has 0 atom stereocenters. The zero-order valence-corrected chi connectivity index (χ0v) is 11.1. The molecule has 1 aromatic rings. The summed E-state index contributed by atoms with van der Waals surface area (Å²) in [5.74, 6) is -0.676. The van der Waals surface area contributed by atoms with Crippen molar-refractivity contribution in [2.24, 2.45) is 0 Å². The highest BCUT2D eigenvalue weighted by atomic mass is 19.1.